The Labute approximate surface area is 119 Å². The molecule has 1 aromatic heterocycles. The van der Waals surface area contributed by atoms with Gasteiger partial charge in [-0.25, -0.2) is 8.42 Å². The summed E-state index contributed by atoms with van der Waals surface area (Å²) in [4.78, 5) is 4.33. The van der Waals surface area contributed by atoms with E-state index in [1.807, 2.05) is 19.9 Å². The fourth-order valence-electron chi connectivity index (χ4n) is 2.28. The normalized spacial score (nSPS) is 13.8. The molecule has 0 saturated carbocycles. The Hall–Kier alpha value is -1.50. The van der Waals surface area contributed by atoms with Crippen LogP contribution in [-0.4, -0.2) is 36.8 Å². The van der Waals surface area contributed by atoms with Gasteiger partial charge in [-0.1, -0.05) is 19.1 Å². The number of likely N-dealkylation sites (N-methyl/N-ethyl adjacent to an activating group) is 1. The lowest BCUT2D eigenvalue weighted by Gasteiger charge is -2.26. The number of aromatic nitrogens is 1. The van der Waals surface area contributed by atoms with Gasteiger partial charge in [-0.15, -0.1) is 0 Å². The fraction of sp³-hybridized carbons (Fsp3) is 0.357. The topological polar surface area (TPSA) is 76.3 Å². The van der Waals surface area contributed by atoms with Crippen molar-refractivity contribution >= 4 is 20.8 Å². The average Bonchev–Trinajstić information content (AvgIpc) is 2.46. The zero-order valence-corrected chi connectivity index (χ0v) is 12.5. The summed E-state index contributed by atoms with van der Waals surface area (Å²) >= 11 is 0. The SMILES string of the molecule is CCN(C(C)CN)S(=O)(=O)c1cccc2cnccc12. The minimum absolute atomic E-state index is 0.234. The molecule has 2 N–H and O–H groups in total. The first-order valence-electron chi connectivity index (χ1n) is 6.57. The molecule has 0 fully saturated rings. The van der Waals surface area contributed by atoms with Crippen LogP contribution in [0.4, 0.5) is 0 Å². The van der Waals surface area contributed by atoms with Crippen LogP contribution in [0.3, 0.4) is 0 Å². The van der Waals surface area contributed by atoms with Crippen molar-refractivity contribution in [1.29, 1.82) is 0 Å². The molecule has 0 radical (unpaired) electrons. The molecule has 0 aliphatic rings. The summed E-state index contributed by atoms with van der Waals surface area (Å²) in [5.41, 5.74) is 5.62. The number of rotatable bonds is 5. The van der Waals surface area contributed by atoms with Crippen LogP contribution in [0, 0.1) is 0 Å². The maximum atomic E-state index is 12.8. The molecule has 1 heterocycles. The summed E-state index contributed by atoms with van der Waals surface area (Å²) in [6, 6.07) is 6.70. The quantitative estimate of drug-likeness (QED) is 0.908. The molecule has 0 saturated heterocycles. The minimum Gasteiger partial charge on any atom is -0.329 e. The Morgan fingerprint density at radius 2 is 2.10 bits per heavy atom. The van der Waals surface area contributed by atoms with E-state index in [-0.39, 0.29) is 6.04 Å². The van der Waals surface area contributed by atoms with E-state index in [4.69, 9.17) is 5.73 Å². The molecule has 0 aliphatic heterocycles. The van der Waals surface area contributed by atoms with Crippen LogP contribution in [-0.2, 0) is 10.0 Å². The first kappa shape index (κ1) is 14.9. The third-order valence-electron chi connectivity index (χ3n) is 3.37. The highest BCUT2D eigenvalue weighted by molar-refractivity contribution is 7.89. The van der Waals surface area contributed by atoms with Crippen LogP contribution in [0.5, 0.6) is 0 Å². The van der Waals surface area contributed by atoms with E-state index in [9.17, 15) is 8.42 Å². The molecule has 0 spiro atoms. The Bertz CT molecular complexity index is 695. The predicted octanol–water partition coefficient (Wildman–Crippen LogP) is 1.59. The van der Waals surface area contributed by atoms with Crippen LogP contribution in [0.25, 0.3) is 10.8 Å². The van der Waals surface area contributed by atoms with Gasteiger partial charge in [0.2, 0.25) is 10.0 Å². The molecule has 20 heavy (non-hydrogen) atoms. The van der Waals surface area contributed by atoms with Crippen LogP contribution in [0.2, 0.25) is 0 Å². The van der Waals surface area contributed by atoms with Gasteiger partial charge in [-0.3, -0.25) is 4.98 Å². The fourth-order valence-corrected chi connectivity index (χ4v) is 4.15. The maximum Gasteiger partial charge on any atom is 0.243 e. The van der Waals surface area contributed by atoms with Crippen molar-refractivity contribution in [2.24, 2.45) is 5.73 Å². The number of hydrogen-bond acceptors (Lipinski definition) is 4. The van der Waals surface area contributed by atoms with Crippen molar-refractivity contribution in [3.63, 3.8) is 0 Å². The standard InChI is InChI=1S/C14H19N3O2S/c1-3-17(11(2)9-15)20(18,19)14-6-4-5-12-10-16-8-7-13(12)14/h4-8,10-11H,3,9,15H2,1-2H3. The lowest BCUT2D eigenvalue weighted by molar-refractivity contribution is 0.355. The number of pyridine rings is 1. The number of nitrogens with zero attached hydrogens (tertiary/aromatic N) is 2. The van der Waals surface area contributed by atoms with E-state index in [0.29, 0.717) is 23.4 Å². The minimum atomic E-state index is -3.56. The summed E-state index contributed by atoms with van der Waals surface area (Å²) < 4.78 is 27.1. The third-order valence-corrected chi connectivity index (χ3v) is 5.52. The lowest BCUT2D eigenvalue weighted by atomic mass is 10.2. The van der Waals surface area contributed by atoms with Gasteiger partial charge in [0.05, 0.1) is 4.90 Å². The predicted molar refractivity (Wildman–Crippen MR) is 79.8 cm³/mol. The van der Waals surface area contributed by atoms with Gasteiger partial charge in [-0.05, 0) is 19.1 Å². The molecule has 0 amide bonds. The lowest BCUT2D eigenvalue weighted by Crippen LogP contribution is -2.42. The average molecular weight is 293 g/mol. The van der Waals surface area contributed by atoms with Gasteiger partial charge < -0.3 is 5.73 Å². The molecule has 6 heteroatoms. The molecule has 2 aromatic rings. The van der Waals surface area contributed by atoms with Crippen molar-refractivity contribution in [1.82, 2.24) is 9.29 Å². The Kier molecular flexibility index (Phi) is 4.37. The van der Waals surface area contributed by atoms with Crippen molar-refractivity contribution in [3.05, 3.63) is 36.7 Å². The highest BCUT2D eigenvalue weighted by Gasteiger charge is 2.28. The molecule has 108 valence electrons. The molecular formula is C14H19N3O2S. The first-order chi connectivity index (χ1) is 9.52. The highest BCUT2D eigenvalue weighted by atomic mass is 32.2. The smallest absolute Gasteiger partial charge is 0.243 e. The van der Waals surface area contributed by atoms with Crippen molar-refractivity contribution in [2.45, 2.75) is 24.8 Å². The summed E-state index contributed by atoms with van der Waals surface area (Å²) in [6.45, 7) is 4.31. The molecule has 0 bridgehead atoms. The van der Waals surface area contributed by atoms with Gasteiger partial charge in [-0.2, -0.15) is 4.31 Å². The first-order valence-corrected chi connectivity index (χ1v) is 8.01. The van der Waals surface area contributed by atoms with Crippen LogP contribution < -0.4 is 5.73 Å². The van der Waals surface area contributed by atoms with Gasteiger partial charge >= 0.3 is 0 Å². The Balaban J connectivity index is 2.62. The molecule has 5 nitrogen and oxygen atoms in total. The van der Waals surface area contributed by atoms with E-state index in [0.717, 1.165) is 5.39 Å². The number of nitrogens with two attached hydrogens (primary N) is 1. The second kappa shape index (κ2) is 5.87. The van der Waals surface area contributed by atoms with Gasteiger partial charge in [0.1, 0.15) is 0 Å². The largest absolute Gasteiger partial charge is 0.329 e. The van der Waals surface area contributed by atoms with Crippen molar-refractivity contribution in [3.8, 4) is 0 Å². The molecule has 1 atom stereocenters. The number of benzene rings is 1. The van der Waals surface area contributed by atoms with Crippen LogP contribution >= 0.6 is 0 Å². The molecule has 2 rings (SSSR count). The van der Waals surface area contributed by atoms with Gasteiger partial charge in [0.25, 0.3) is 0 Å². The van der Waals surface area contributed by atoms with Crippen molar-refractivity contribution in [2.75, 3.05) is 13.1 Å². The monoisotopic (exact) mass is 293 g/mol. The zero-order valence-electron chi connectivity index (χ0n) is 11.7. The zero-order chi connectivity index (χ0) is 14.8. The van der Waals surface area contributed by atoms with Crippen LogP contribution in [0.15, 0.2) is 41.6 Å². The summed E-state index contributed by atoms with van der Waals surface area (Å²) in [5.74, 6) is 0. The number of hydrogen-bond donors (Lipinski definition) is 1. The van der Waals surface area contributed by atoms with Gasteiger partial charge in [0.15, 0.2) is 0 Å². The Morgan fingerprint density at radius 1 is 1.35 bits per heavy atom. The second-order valence-corrected chi connectivity index (χ2v) is 6.51. The summed E-state index contributed by atoms with van der Waals surface area (Å²) in [6.07, 6.45) is 3.26. The van der Waals surface area contributed by atoms with Crippen LogP contribution in [0.1, 0.15) is 13.8 Å². The number of sulfonamides is 1. The third kappa shape index (κ3) is 2.54. The summed E-state index contributed by atoms with van der Waals surface area (Å²) in [7, 11) is -3.56. The van der Waals surface area contributed by atoms with E-state index >= 15 is 0 Å². The highest BCUT2D eigenvalue weighted by Crippen LogP contribution is 2.25. The molecular weight excluding hydrogens is 274 g/mol. The molecule has 0 aliphatic carbocycles. The molecule has 1 aromatic carbocycles. The van der Waals surface area contributed by atoms with E-state index in [1.54, 1.807) is 30.6 Å². The molecule has 1 unspecified atom stereocenters. The van der Waals surface area contributed by atoms with E-state index < -0.39 is 10.0 Å². The second-order valence-electron chi connectivity index (χ2n) is 4.65. The summed E-state index contributed by atoms with van der Waals surface area (Å²) in [5, 5.41) is 1.50. The van der Waals surface area contributed by atoms with Crippen molar-refractivity contribution < 1.29 is 8.42 Å². The maximum absolute atomic E-state index is 12.8. The van der Waals surface area contributed by atoms with E-state index in [2.05, 4.69) is 4.98 Å². The van der Waals surface area contributed by atoms with Gasteiger partial charge in [0, 0.05) is 42.3 Å². The number of fused-ring (bicyclic) bond motifs is 1. The van der Waals surface area contributed by atoms with E-state index in [1.165, 1.54) is 4.31 Å². The Morgan fingerprint density at radius 3 is 2.75 bits per heavy atom.